The minimum atomic E-state index is -0.297. The summed E-state index contributed by atoms with van der Waals surface area (Å²) >= 11 is 6.12. The van der Waals surface area contributed by atoms with Crippen molar-refractivity contribution in [1.82, 2.24) is 10.2 Å². The van der Waals surface area contributed by atoms with E-state index in [0.29, 0.717) is 23.6 Å². The summed E-state index contributed by atoms with van der Waals surface area (Å²) in [6.07, 6.45) is 0. The predicted octanol–water partition coefficient (Wildman–Crippen LogP) is 2.34. The summed E-state index contributed by atoms with van der Waals surface area (Å²) in [7, 11) is 2.94. The molecule has 0 spiro atoms. The van der Waals surface area contributed by atoms with Crippen LogP contribution in [-0.2, 0) is 4.79 Å². The van der Waals surface area contributed by atoms with Crippen molar-refractivity contribution in [1.29, 1.82) is 0 Å². The molecule has 7 heteroatoms. The highest BCUT2D eigenvalue weighted by Crippen LogP contribution is 2.36. The molecule has 0 bridgehead atoms. The lowest BCUT2D eigenvalue weighted by molar-refractivity contribution is -0.122. The molecule has 1 aromatic carbocycles. The number of nitrogens with one attached hydrogen (secondary N) is 1. The summed E-state index contributed by atoms with van der Waals surface area (Å²) in [5.41, 5.74) is 0.340. The predicted molar refractivity (Wildman–Crippen MR) is 89.4 cm³/mol. The van der Waals surface area contributed by atoms with Crippen molar-refractivity contribution in [3.63, 3.8) is 0 Å². The Labute approximate surface area is 141 Å². The van der Waals surface area contributed by atoms with Gasteiger partial charge in [0, 0.05) is 18.2 Å². The van der Waals surface area contributed by atoms with Gasteiger partial charge >= 0.3 is 0 Å². The number of carbonyl (C=O) groups excluding carboxylic acids is 2. The van der Waals surface area contributed by atoms with E-state index < -0.39 is 0 Å². The first kappa shape index (κ1) is 19.1. The summed E-state index contributed by atoms with van der Waals surface area (Å²) in [4.78, 5) is 25.9. The van der Waals surface area contributed by atoms with E-state index in [9.17, 15) is 9.59 Å². The van der Waals surface area contributed by atoms with E-state index in [2.05, 4.69) is 5.32 Å². The zero-order valence-corrected chi connectivity index (χ0v) is 14.9. The fourth-order valence-corrected chi connectivity index (χ4v) is 2.38. The minimum absolute atomic E-state index is 0.0144. The number of likely N-dealkylation sites (N-methyl/N-ethyl adjacent to an activating group) is 1. The number of carbonyl (C=O) groups is 2. The maximum atomic E-state index is 12.6. The topological polar surface area (TPSA) is 67.9 Å². The Kier molecular flexibility index (Phi) is 7.16. The van der Waals surface area contributed by atoms with Crippen molar-refractivity contribution < 1.29 is 19.1 Å². The van der Waals surface area contributed by atoms with E-state index in [-0.39, 0.29) is 29.4 Å². The van der Waals surface area contributed by atoms with E-state index in [0.717, 1.165) is 0 Å². The van der Waals surface area contributed by atoms with Crippen LogP contribution in [0.3, 0.4) is 0 Å². The first-order valence-corrected chi connectivity index (χ1v) is 7.71. The van der Waals surface area contributed by atoms with Gasteiger partial charge in [0.2, 0.25) is 5.91 Å². The van der Waals surface area contributed by atoms with Crippen LogP contribution in [0.15, 0.2) is 12.1 Å². The molecular weight excluding hydrogens is 320 g/mol. The summed E-state index contributed by atoms with van der Waals surface area (Å²) < 4.78 is 10.3. The first-order chi connectivity index (χ1) is 10.8. The molecule has 1 rings (SSSR count). The van der Waals surface area contributed by atoms with Crippen molar-refractivity contribution in [3.8, 4) is 11.5 Å². The Hall–Kier alpha value is -1.95. The molecule has 0 radical (unpaired) electrons. The molecule has 0 unspecified atom stereocenters. The lowest BCUT2D eigenvalue weighted by Gasteiger charge is -2.22. The minimum Gasteiger partial charge on any atom is -0.493 e. The van der Waals surface area contributed by atoms with Crippen molar-refractivity contribution in [2.75, 3.05) is 27.3 Å². The van der Waals surface area contributed by atoms with Gasteiger partial charge in [0.1, 0.15) is 0 Å². The largest absolute Gasteiger partial charge is 0.493 e. The van der Waals surface area contributed by atoms with Crippen molar-refractivity contribution >= 4 is 23.4 Å². The van der Waals surface area contributed by atoms with Crippen molar-refractivity contribution in [2.45, 2.75) is 26.8 Å². The number of halogens is 1. The Bertz CT molecular complexity index is 575. The summed E-state index contributed by atoms with van der Waals surface area (Å²) in [5, 5.41) is 3.04. The van der Waals surface area contributed by atoms with Gasteiger partial charge < -0.3 is 19.7 Å². The molecular formula is C16H23ClN2O4. The van der Waals surface area contributed by atoms with Crippen molar-refractivity contribution in [2.24, 2.45) is 0 Å². The fraction of sp³-hybridized carbons (Fsp3) is 0.500. The van der Waals surface area contributed by atoms with Crippen LogP contribution in [0, 0.1) is 0 Å². The average Bonchev–Trinajstić information content (AvgIpc) is 2.50. The Morgan fingerprint density at radius 1 is 1.26 bits per heavy atom. The number of benzene rings is 1. The van der Waals surface area contributed by atoms with Gasteiger partial charge in [-0.25, -0.2) is 0 Å². The van der Waals surface area contributed by atoms with Crippen LogP contribution in [0.1, 0.15) is 31.1 Å². The quantitative estimate of drug-likeness (QED) is 0.826. The van der Waals surface area contributed by atoms with E-state index in [1.165, 1.54) is 25.2 Å². The number of hydrogen-bond acceptors (Lipinski definition) is 4. The number of methoxy groups -OCH3 is 2. The van der Waals surface area contributed by atoms with Crippen LogP contribution < -0.4 is 14.8 Å². The molecule has 1 aromatic rings. The lowest BCUT2D eigenvalue weighted by atomic mass is 10.1. The smallest absolute Gasteiger partial charge is 0.254 e. The summed E-state index contributed by atoms with van der Waals surface area (Å²) in [6, 6.07) is 3.08. The van der Waals surface area contributed by atoms with Crippen LogP contribution in [-0.4, -0.2) is 50.1 Å². The van der Waals surface area contributed by atoms with Crippen LogP contribution in [0.2, 0.25) is 5.02 Å². The Morgan fingerprint density at radius 3 is 2.39 bits per heavy atom. The Balaban J connectivity index is 3.02. The summed E-state index contributed by atoms with van der Waals surface area (Å²) in [6.45, 7) is 5.92. The molecule has 2 amide bonds. The molecule has 1 N–H and O–H groups in total. The molecule has 0 saturated heterocycles. The van der Waals surface area contributed by atoms with Gasteiger partial charge in [-0.15, -0.1) is 0 Å². The molecule has 0 fully saturated rings. The molecule has 0 atom stereocenters. The number of rotatable bonds is 7. The third kappa shape index (κ3) is 5.03. The summed E-state index contributed by atoms with van der Waals surface area (Å²) in [5.74, 6) is 0.230. The number of nitrogens with zero attached hydrogens (tertiary/aromatic N) is 1. The fourth-order valence-electron chi connectivity index (χ4n) is 2.09. The highest BCUT2D eigenvalue weighted by atomic mass is 35.5. The van der Waals surface area contributed by atoms with Gasteiger partial charge in [-0.2, -0.15) is 0 Å². The molecule has 128 valence electrons. The monoisotopic (exact) mass is 342 g/mol. The van der Waals surface area contributed by atoms with Gasteiger partial charge in [0.15, 0.2) is 11.5 Å². The molecule has 6 nitrogen and oxygen atoms in total. The molecule has 23 heavy (non-hydrogen) atoms. The Morgan fingerprint density at radius 2 is 1.91 bits per heavy atom. The highest BCUT2D eigenvalue weighted by Gasteiger charge is 2.21. The third-order valence-corrected chi connectivity index (χ3v) is 3.41. The van der Waals surface area contributed by atoms with Crippen LogP contribution in [0.4, 0.5) is 0 Å². The molecule has 0 saturated carbocycles. The van der Waals surface area contributed by atoms with Crippen LogP contribution in [0.25, 0.3) is 0 Å². The number of hydrogen-bond donors (Lipinski definition) is 1. The second kappa shape index (κ2) is 8.62. The van der Waals surface area contributed by atoms with E-state index in [1.54, 1.807) is 6.07 Å². The zero-order chi connectivity index (χ0) is 17.6. The average molecular weight is 343 g/mol. The van der Waals surface area contributed by atoms with E-state index in [4.69, 9.17) is 21.1 Å². The van der Waals surface area contributed by atoms with E-state index in [1.807, 2.05) is 20.8 Å². The second-order valence-electron chi connectivity index (χ2n) is 5.24. The van der Waals surface area contributed by atoms with Gasteiger partial charge in [-0.3, -0.25) is 9.59 Å². The standard InChI is InChI=1S/C16H23ClN2O4/c1-6-19(9-14(20)18-10(2)3)16(21)11-7-12(17)15(23-5)13(8-11)22-4/h7-8,10H,6,9H2,1-5H3,(H,18,20). The van der Waals surface area contributed by atoms with Gasteiger partial charge in [0.25, 0.3) is 5.91 Å². The van der Waals surface area contributed by atoms with Crippen LogP contribution in [0.5, 0.6) is 11.5 Å². The lowest BCUT2D eigenvalue weighted by Crippen LogP contribution is -2.42. The normalized spacial score (nSPS) is 10.4. The highest BCUT2D eigenvalue weighted by molar-refractivity contribution is 6.32. The number of ether oxygens (including phenoxy) is 2. The van der Waals surface area contributed by atoms with Crippen LogP contribution >= 0.6 is 11.6 Å². The van der Waals surface area contributed by atoms with Gasteiger partial charge in [-0.05, 0) is 32.9 Å². The molecule has 0 aliphatic carbocycles. The SMILES string of the molecule is CCN(CC(=O)NC(C)C)C(=O)c1cc(Cl)c(OC)c(OC)c1. The van der Waals surface area contributed by atoms with Gasteiger partial charge in [-0.1, -0.05) is 11.6 Å². The number of amides is 2. The second-order valence-corrected chi connectivity index (χ2v) is 5.64. The third-order valence-electron chi connectivity index (χ3n) is 3.13. The van der Waals surface area contributed by atoms with E-state index >= 15 is 0 Å². The molecule has 0 heterocycles. The molecule has 0 aliphatic rings. The maximum absolute atomic E-state index is 12.6. The van der Waals surface area contributed by atoms with Crippen molar-refractivity contribution in [3.05, 3.63) is 22.7 Å². The first-order valence-electron chi connectivity index (χ1n) is 7.34. The maximum Gasteiger partial charge on any atom is 0.254 e. The molecule has 0 aliphatic heterocycles. The zero-order valence-electron chi connectivity index (χ0n) is 14.1. The van der Waals surface area contributed by atoms with Gasteiger partial charge in [0.05, 0.1) is 25.8 Å². The molecule has 0 aromatic heterocycles.